The predicted molar refractivity (Wildman–Crippen MR) is 200 cm³/mol. The first-order valence-corrected chi connectivity index (χ1v) is 21.0. The number of fused-ring (bicyclic) bond motifs is 5. The molecule has 6 aliphatic rings. The van der Waals surface area contributed by atoms with E-state index in [1.165, 1.54) is 9.80 Å². The summed E-state index contributed by atoms with van der Waals surface area (Å²) >= 11 is 0. The van der Waals surface area contributed by atoms with Gasteiger partial charge in [-0.05, 0) is 84.1 Å². The molecule has 2 aromatic rings. The summed E-state index contributed by atoms with van der Waals surface area (Å²) in [4.78, 5) is 68.8. The average molecular weight is 779 g/mol. The van der Waals surface area contributed by atoms with E-state index in [9.17, 15) is 27.9 Å². The lowest BCUT2D eigenvalue weighted by Gasteiger charge is -2.39. The molecule has 4 amide bonds. The number of carbonyl (C=O) groups excluding carboxylic acids is 3. The van der Waals surface area contributed by atoms with Crippen LogP contribution in [0, 0.1) is 18.8 Å². The molecule has 0 bridgehead atoms. The second-order valence-electron chi connectivity index (χ2n) is 16.8. The Hall–Kier alpha value is -4.47. The number of hydrogen-bond donors (Lipinski definition) is 3. The second-order valence-corrected chi connectivity index (χ2v) is 18.9. The topological polar surface area (TPSA) is 197 Å². The zero-order valence-corrected chi connectivity index (χ0v) is 32.6. The Balaban J connectivity index is 1.18. The molecule has 4 fully saturated rings. The number of carbonyl (C=O) groups is 4. The number of sulfonamides is 1. The van der Waals surface area contributed by atoms with Gasteiger partial charge in [-0.1, -0.05) is 31.9 Å². The smallest absolute Gasteiger partial charge is 0.408 e. The SMILES string of the molecule is COc1ccc2nc(C)c3c(c2n1)CC[C@@]1(CN2C(=O)[C@@H](N(C(=O)O)C4CC4)CCCCC/C=C\[C@@H]4C[C@@]4(C(=O)NS(=O)(=O)C4(C)CC4)NC(=O)[C@@H]2C1C)O3. The highest BCUT2D eigenvalue weighted by atomic mass is 32.2. The summed E-state index contributed by atoms with van der Waals surface area (Å²) in [5.74, 6) is -2.02. The molecule has 1 unspecified atom stereocenters. The van der Waals surface area contributed by atoms with E-state index in [1.54, 1.807) is 20.1 Å². The fourth-order valence-corrected chi connectivity index (χ4v) is 10.4. The van der Waals surface area contributed by atoms with Crippen LogP contribution in [0.2, 0.25) is 0 Å². The van der Waals surface area contributed by atoms with E-state index >= 15 is 4.79 Å². The molecule has 8 rings (SSSR count). The van der Waals surface area contributed by atoms with Gasteiger partial charge in [0, 0.05) is 29.5 Å². The number of pyridine rings is 2. The van der Waals surface area contributed by atoms with Gasteiger partial charge in [0.05, 0.1) is 35.1 Å². The lowest BCUT2D eigenvalue weighted by atomic mass is 9.80. The molecular formula is C39H50N6O9S. The lowest BCUT2D eigenvalue weighted by Crippen LogP contribution is -2.60. The molecule has 296 valence electrons. The van der Waals surface area contributed by atoms with Crippen LogP contribution >= 0.6 is 0 Å². The van der Waals surface area contributed by atoms with Crippen molar-refractivity contribution in [1.29, 1.82) is 0 Å². The molecule has 3 aliphatic carbocycles. The van der Waals surface area contributed by atoms with Crippen LogP contribution in [0.5, 0.6) is 11.6 Å². The van der Waals surface area contributed by atoms with Crippen molar-refractivity contribution in [1.82, 2.24) is 29.8 Å². The zero-order chi connectivity index (χ0) is 39.1. The van der Waals surface area contributed by atoms with Gasteiger partial charge in [-0.25, -0.2) is 23.2 Å². The van der Waals surface area contributed by atoms with Crippen LogP contribution in [0.1, 0.15) is 95.7 Å². The van der Waals surface area contributed by atoms with Crippen LogP contribution in [0.15, 0.2) is 24.3 Å². The minimum atomic E-state index is -4.01. The molecule has 15 nitrogen and oxygen atoms in total. The van der Waals surface area contributed by atoms with E-state index in [0.717, 1.165) is 18.4 Å². The van der Waals surface area contributed by atoms with Gasteiger partial charge < -0.3 is 24.8 Å². The van der Waals surface area contributed by atoms with E-state index in [4.69, 9.17) is 14.5 Å². The zero-order valence-electron chi connectivity index (χ0n) is 31.8. The highest BCUT2D eigenvalue weighted by Crippen LogP contribution is 2.50. The Bertz CT molecular complexity index is 2100. The van der Waals surface area contributed by atoms with Gasteiger partial charge >= 0.3 is 6.09 Å². The van der Waals surface area contributed by atoms with Gasteiger partial charge in [0.1, 0.15) is 29.0 Å². The Morgan fingerprint density at radius 2 is 1.87 bits per heavy atom. The summed E-state index contributed by atoms with van der Waals surface area (Å²) in [5.41, 5.74) is 0.178. The molecule has 1 spiro atoms. The van der Waals surface area contributed by atoms with Gasteiger partial charge in [0.15, 0.2) is 0 Å². The summed E-state index contributed by atoms with van der Waals surface area (Å²) in [6.45, 7) is 5.28. The number of carboxylic acid groups (broad SMARTS) is 1. The summed E-state index contributed by atoms with van der Waals surface area (Å²) < 4.78 is 40.1. The van der Waals surface area contributed by atoms with Crippen molar-refractivity contribution >= 4 is 44.9 Å². The minimum absolute atomic E-state index is 0.00255. The van der Waals surface area contributed by atoms with Crippen LogP contribution in [0.25, 0.3) is 11.0 Å². The molecule has 3 saturated carbocycles. The first kappa shape index (κ1) is 37.5. The number of aromatic nitrogens is 2. The largest absolute Gasteiger partial charge is 0.483 e. The number of hydrogen-bond acceptors (Lipinski definition) is 10. The average Bonchev–Trinajstić information content (AvgIpc) is 4.07. The molecule has 2 aromatic heterocycles. The molecule has 55 heavy (non-hydrogen) atoms. The van der Waals surface area contributed by atoms with Gasteiger partial charge in [0.2, 0.25) is 27.7 Å². The van der Waals surface area contributed by atoms with E-state index in [0.29, 0.717) is 86.1 Å². The van der Waals surface area contributed by atoms with Crippen molar-refractivity contribution in [2.45, 2.75) is 132 Å². The maximum Gasteiger partial charge on any atom is 0.408 e. The van der Waals surface area contributed by atoms with Crippen molar-refractivity contribution in [2.24, 2.45) is 11.8 Å². The Morgan fingerprint density at radius 1 is 1.11 bits per heavy atom. The minimum Gasteiger partial charge on any atom is -0.483 e. The Morgan fingerprint density at radius 3 is 2.56 bits per heavy atom. The number of ether oxygens (including phenoxy) is 2. The van der Waals surface area contributed by atoms with Crippen LogP contribution in [0.4, 0.5) is 4.79 Å². The number of amides is 4. The lowest BCUT2D eigenvalue weighted by molar-refractivity contribution is -0.144. The number of nitrogens with zero attached hydrogens (tertiary/aromatic N) is 4. The van der Waals surface area contributed by atoms with Gasteiger partial charge in [0.25, 0.3) is 5.91 Å². The molecule has 3 N–H and O–H groups in total. The first-order valence-electron chi connectivity index (χ1n) is 19.5. The van der Waals surface area contributed by atoms with Gasteiger partial charge in [-0.15, -0.1) is 0 Å². The molecule has 1 saturated heterocycles. The molecule has 6 atom stereocenters. The number of methoxy groups -OCH3 is 1. The maximum atomic E-state index is 15.0. The summed E-state index contributed by atoms with van der Waals surface area (Å²) in [7, 11) is -2.47. The number of allylic oxidation sites excluding steroid dienone is 1. The number of aryl methyl sites for hydroxylation is 2. The van der Waals surface area contributed by atoms with Crippen molar-refractivity contribution in [3.05, 3.63) is 35.5 Å². The normalized spacial score (nSPS) is 32.1. The molecular weight excluding hydrogens is 729 g/mol. The van der Waals surface area contributed by atoms with Crippen LogP contribution in [0.3, 0.4) is 0 Å². The van der Waals surface area contributed by atoms with Gasteiger partial charge in [-0.3, -0.25) is 24.0 Å². The Kier molecular flexibility index (Phi) is 9.08. The summed E-state index contributed by atoms with van der Waals surface area (Å²) in [6.07, 6.45) is 9.07. The highest BCUT2D eigenvalue weighted by molar-refractivity contribution is 7.91. The van der Waals surface area contributed by atoms with Crippen LogP contribution in [-0.2, 0) is 30.8 Å². The van der Waals surface area contributed by atoms with E-state index in [1.807, 2.05) is 32.1 Å². The fourth-order valence-electron chi connectivity index (χ4n) is 9.04. The standard InChI is InChI=1S/C39H50N6O9S/c1-22-31-33(46)42-39(35(48)43-55(51,52)37(3)18-19-37)20-24(39)10-8-6-5-7-9-11-28(45(36(49)50)25-12-13-25)34(47)44(31)21-38(22)17-16-26-30-27(14-15-29(41-30)53-4)40-23(2)32(26)54-38/h8,10,14-15,22,24-25,28,31H,5-7,9,11-13,16-21H2,1-4H3,(H,42,46)(H,43,48)(H,49,50)/b10-8-/t22?,24-,28+,31+,38+,39-/m1/s1. The fraction of sp³-hybridized carbons (Fsp3) is 0.641. The summed E-state index contributed by atoms with van der Waals surface area (Å²) in [6, 6.07) is 1.13. The van der Waals surface area contributed by atoms with Crippen molar-refractivity contribution in [3.63, 3.8) is 0 Å². The third-order valence-electron chi connectivity index (χ3n) is 13.1. The third kappa shape index (κ3) is 6.37. The molecule has 16 heteroatoms. The maximum absolute atomic E-state index is 15.0. The first-order chi connectivity index (χ1) is 26.1. The Labute approximate surface area is 320 Å². The molecule has 0 aromatic carbocycles. The van der Waals surface area contributed by atoms with E-state index < -0.39 is 73.6 Å². The summed E-state index contributed by atoms with van der Waals surface area (Å²) in [5, 5.41) is 13.4. The van der Waals surface area contributed by atoms with Crippen molar-refractivity contribution in [2.75, 3.05) is 13.7 Å². The molecule has 3 aliphatic heterocycles. The monoisotopic (exact) mass is 778 g/mol. The van der Waals surface area contributed by atoms with Crippen molar-refractivity contribution in [3.8, 4) is 11.6 Å². The second kappa shape index (κ2) is 13.3. The number of nitrogens with one attached hydrogen (secondary N) is 2. The molecule has 0 radical (unpaired) electrons. The van der Waals surface area contributed by atoms with Gasteiger partial charge in [-0.2, -0.15) is 0 Å². The van der Waals surface area contributed by atoms with Crippen LogP contribution < -0.4 is 19.5 Å². The molecule has 5 heterocycles. The van der Waals surface area contributed by atoms with E-state index in [-0.39, 0.29) is 19.0 Å². The van der Waals surface area contributed by atoms with Crippen LogP contribution in [-0.4, -0.2) is 105 Å². The number of rotatable bonds is 6. The van der Waals surface area contributed by atoms with E-state index in [2.05, 4.69) is 15.0 Å². The quantitative estimate of drug-likeness (QED) is 0.361. The highest BCUT2D eigenvalue weighted by Gasteiger charge is 2.65. The third-order valence-corrected chi connectivity index (χ3v) is 15.2. The van der Waals surface area contributed by atoms with Crippen molar-refractivity contribution < 1.29 is 42.2 Å². The predicted octanol–water partition coefficient (Wildman–Crippen LogP) is 3.76.